The molecule has 19 heavy (non-hydrogen) atoms. The molecule has 0 saturated heterocycles. The maximum absolute atomic E-state index is 12.0. The molecule has 0 bridgehead atoms. The lowest BCUT2D eigenvalue weighted by Crippen LogP contribution is -2.12. The number of anilines is 1. The van der Waals surface area contributed by atoms with Gasteiger partial charge >= 0.3 is 0 Å². The van der Waals surface area contributed by atoms with Gasteiger partial charge in [-0.05, 0) is 43.5 Å². The Hall–Kier alpha value is -2.61. The zero-order valence-electron chi connectivity index (χ0n) is 10.1. The molecule has 0 saturated carbocycles. The monoisotopic (exact) mass is 253 g/mol. The summed E-state index contributed by atoms with van der Waals surface area (Å²) >= 11 is 0. The van der Waals surface area contributed by atoms with Crippen molar-refractivity contribution >= 4 is 11.8 Å². The third-order valence-electron chi connectivity index (χ3n) is 3.21. The second-order valence-corrected chi connectivity index (χ2v) is 4.43. The van der Waals surface area contributed by atoms with Gasteiger partial charge in [-0.2, -0.15) is 5.26 Å². The molecule has 0 unspecified atom stereocenters. The topological polar surface area (TPSA) is 78.9 Å². The average molecular weight is 253 g/mol. The van der Waals surface area contributed by atoms with Crippen LogP contribution in [-0.2, 0) is 12.8 Å². The highest BCUT2D eigenvalue weighted by Crippen LogP contribution is 2.28. The highest BCUT2D eigenvalue weighted by Gasteiger charge is 2.22. The summed E-state index contributed by atoms with van der Waals surface area (Å²) in [6.45, 7) is 0. The first-order valence-corrected chi connectivity index (χ1v) is 6.07. The van der Waals surface area contributed by atoms with E-state index in [1.807, 2.05) is 6.07 Å². The van der Waals surface area contributed by atoms with E-state index < -0.39 is 0 Å². The SMILES string of the molecule is N#Cc1ccc(C(=O)Nc2onc3c2CCC3)cc1. The quantitative estimate of drug-likeness (QED) is 0.890. The van der Waals surface area contributed by atoms with Crippen molar-refractivity contribution in [3.05, 3.63) is 46.6 Å². The smallest absolute Gasteiger partial charge is 0.258 e. The van der Waals surface area contributed by atoms with E-state index in [-0.39, 0.29) is 5.91 Å². The van der Waals surface area contributed by atoms with Crippen LogP contribution < -0.4 is 5.32 Å². The van der Waals surface area contributed by atoms with Crippen LogP contribution in [0, 0.1) is 11.3 Å². The third kappa shape index (κ3) is 2.08. The molecule has 1 amide bonds. The summed E-state index contributed by atoms with van der Waals surface area (Å²) in [6, 6.07) is 8.47. The van der Waals surface area contributed by atoms with Gasteiger partial charge in [-0.1, -0.05) is 5.16 Å². The minimum Gasteiger partial charge on any atom is -0.338 e. The number of aryl methyl sites for hydroxylation is 1. The van der Waals surface area contributed by atoms with Crippen LogP contribution >= 0.6 is 0 Å². The van der Waals surface area contributed by atoms with Crippen molar-refractivity contribution in [2.75, 3.05) is 5.32 Å². The highest BCUT2D eigenvalue weighted by atomic mass is 16.5. The summed E-state index contributed by atoms with van der Waals surface area (Å²) in [6.07, 6.45) is 2.85. The normalized spacial score (nSPS) is 12.8. The Labute approximate surface area is 109 Å². The predicted molar refractivity (Wildman–Crippen MR) is 67.6 cm³/mol. The van der Waals surface area contributed by atoms with E-state index in [1.165, 1.54) is 0 Å². The second-order valence-electron chi connectivity index (χ2n) is 4.43. The van der Waals surface area contributed by atoms with Crippen molar-refractivity contribution in [1.29, 1.82) is 5.26 Å². The van der Waals surface area contributed by atoms with E-state index in [0.29, 0.717) is 17.0 Å². The van der Waals surface area contributed by atoms with Crippen LogP contribution in [0.2, 0.25) is 0 Å². The summed E-state index contributed by atoms with van der Waals surface area (Å²) in [5.74, 6) is 0.192. The van der Waals surface area contributed by atoms with Crippen molar-refractivity contribution in [3.8, 4) is 6.07 Å². The molecule has 1 aromatic heterocycles. The fourth-order valence-corrected chi connectivity index (χ4v) is 2.20. The largest absolute Gasteiger partial charge is 0.338 e. The fourth-order valence-electron chi connectivity index (χ4n) is 2.20. The molecule has 1 heterocycles. The summed E-state index contributed by atoms with van der Waals surface area (Å²) < 4.78 is 5.14. The molecular weight excluding hydrogens is 242 g/mol. The van der Waals surface area contributed by atoms with Gasteiger partial charge in [0.05, 0.1) is 17.3 Å². The minimum atomic E-state index is -0.254. The van der Waals surface area contributed by atoms with Crippen molar-refractivity contribution in [1.82, 2.24) is 5.16 Å². The lowest BCUT2D eigenvalue weighted by atomic mass is 10.1. The van der Waals surface area contributed by atoms with Crippen molar-refractivity contribution in [3.63, 3.8) is 0 Å². The van der Waals surface area contributed by atoms with E-state index >= 15 is 0 Å². The van der Waals surface area contributed by atoms with Crippen LogP contribution in [0.25, 0.3) is 0 Å². The lowest BCUT2D eigenvalue weighted by Gasteiger charge is -2.02. The highest BCUT2D eigenvalue weighted by molar-refractivity contribution is 6.03. The summed E-state index contributed by atoms with van der Waals surface area (Å²) in [5, 5.41) is 15.4. The maximum Gasteiger partial charge on any atom is 0.258 e. The van der Waals surface area contributed by atoms with Gasteiger partial charge in [-0.3, -0.25) is 10.1 Å². The number of aromatic nitrogens is 1. The molecule has 5 nitrogen and oxygen atoms in total. The van der Waals surface area contributed by atoms with Crippen molar-refractivity contribution in [2.45, 2.75) is 19.3 Å². The second kappa shape index (κ2) is 4.58. The molecule has 0 aliphatic heterocycles. The average Bonchev–Trinajstić information content (AvgIpc) is 3.04. The molecule has 5 heteroatoms. The number of fused-ring (bicyclic) bond motifs is 1. The van der Waals surface area contributed by atoms with Crippen molar-refractivity contribution in [2.24, 2.45) is 0 Å². The van der Waals surface area contributed by atoms with Crippen molar-refractivity contribution < 1.29 is 9.32 Å². The first-order chi connectivity index (χ1) is 9.28. The Morgan fingerprint density at radius 1 is 1.32 bits per heavy atom. The molecule has 1 aliphatic carbocycles. The zero-order chi connectivity index (χ0) is 13.2. The fraction of sp³-hybridized carbons (Fsp3) is 0.214. The molecule has 1 N–H and O–H groups in total. The summed E-state index contributed by atoms with van der Waals surface area (Å²) in [7, 11) is 0. The van der Waals surface area contributed by atoms with E-state index in [9.17, 15) is 4.79 Å². The van der Waals surface area contributed by atoms with Crippen LogP contribution in [-0.4, -0.2) is 11.1 Å². The summed E-state index contributed by atoms with van der Waals surface area (Å²) in [5.41, 5.74) is 2.95. The van der Waals surface area contributed by atoms with Crippen LogP contribution in [0.1, 0.15) is 33.6 Å². The Bertz CT molecular complexity index is 665. The molecule has 1 aromatic carbocycles. The Balaban J connectivity index is 1.79. The molecule has 0 radical (unpaired) electrons. The number of nitrogens with one attached hydrogen (secondary N) is 1. The molecule has 94 valence electrons. The molecule has 3 rings (SSSR count). The Morgan fingerprint density at radius 3 is 2.84 bits per heavy atom. The first-order valence-electron chi connectivity index (χ1n) is 6.07. The van der Waals surface area contributed by atoms with Gasteiger partial charge in [0.15, 0.2) is 0 Å². The minimum absolute atomic E-state index is 0.254. The van der Waals surface area contributed by atoms with E-state index in [2.05, 4.69) is 10.5 Å². The molecule has 2 aromatic rings. The maximum atomic E-state index is 12.0. The van der Waals surface area contributed by atoms with E-state index in [4.69, 9.17) is 9.78 Å². The number of benzene rings is 1. The van der Waals surface area contributed by atoms with E-state index in [0.717, 1.165) is 30.5 Å². The molecule has 0 spiro atoms. The van der Waals surface area contributed by atoms with Gasteiger partial charge in [0.1, 0.15) is 0 Å². The van der Waals surface area contributed by atoms with Gasteiger partial charge in [-0.25, -0.2) is 0 Å². The Morgan fingerprint density at radius 2 is 2.11 bits per heavy atom. The van der Waals surface area contributed by atoms with Gasteiger partial charge in [0, 0.05) is 11.1 Å². The predicted octanol–water partition coefficient (Wildman–Crippen LogP) is 2.29. The summed E-state index contributed by atoms with van der Waals surface area (Å²) in [4.78, 5) is 12.0. The number of rotatable bonds is 2. The van der Waals surface area contributed by atoms with Gasteiger partial charge in [0.25, 0.3) is 5.91 Å². The standard InChI is InChI=1S/C14H11N3O2/c15-8-9-4-6-10(7-5-9)13(18)16-14-11-2-1-3-12(11)17-19-14/h4-7H,1-3H2,(H,16,18). The molecule has 1 aliphatic rings. The molecule has 0 fully saturated rings. The molecular formula is C14H11N3O2. The number of nitrogens with zero attached hydrogens (tertiary/aromatic N) is 2. The van der Waals surface area contributed by atoms with Gasteiger partial charge in [0.2, 0.25) is 5.88 Å². The lowest BCUT2D eigenvalue weighted by molar-refractivity contribution is 0.102. The number of carbonyl (C=O) groups is 1. The Kier molecular flexibility index (Phi) is 2.76. The number of nitriles is 1. The molecule has 0 atom stereocenters. The first kappa shape index (κ1) is 11.5. The zero-order valence-corrected chi connectivity index (χ0v) is 10.1. The van der Waals surface area contributed by atoms with Crippen LogP contribution in [0.5, 0.6) is 0 Å². The van der Waals surface area contributed by atoms with E-state index in [1.54, 1.807) is 24.3 Å². The number of carbonyl (C=O) groups excluding carboxylic acids is 1. The number of amides is 1. The van der Waals surface area contributed by atoms with Crippen LogP contribution in [0.15, 0.2) is 28.8 Å². The third-order valence-corrected chi connectivity index (χ3v) is 3.21. The number of hydrogen-bond acceptors (Lipinski definition) is 4. The van der Waals surface area contributed by atoms with Crippen LogP contribution in [0.3, 0.4) is 0 Å². The number of hydrogen-bond donors (Lipinski definition) is 1. The van der Waals surface area contributed by atoms with Gasteiger partial charge < -0.3 is 4.52 Å². The van der Waals surface area contributed by atoms with Crippen LogP contribution in [0.4, 0.5) is 5.88 Å². The van der Waals surface area contributed by atoms with Gasteiger partial charge in [-0.15, -0.1) is 0 Å².